The molecule has 4 rings (SSSR count). The monoisotopic (exact) mass is 413 g/mol. The third-order valence-corrected chi connectivity index (χ3v) is 5.65. The van der Waals surface area contributed by atoms with Gasteiger partial charge in [-0.3, -0.25) is 4.79 Å². The molecule has 0 bridgehead atoms. The maximum absolute atomic E-state index is 12.7. The van der Waals surface area contributed by atoms with E-state index in [1.165, 1.54) is 11.8 Å². The lowest BCUT2D eigenvalue weighted by Crippen LogP contribution is -2.21. The van der Waals surface area contributed by atoms with Gasteiger partial charge >= 0.3 is 0 Å². The molecule has 0 spiro atoms. The first-order valence-corrected chi connectivity index (χ1v) is 10.5. The summed E-state index contributed by atoms with van der Waals surface area (Å²) in [5.74, 6) is 1.96. The molecule has 1 aliphatic rings. The van der Waals surface area contributed by atoms with Gasteiger partial charge in [-0.2, -0.15) is 0 Å². The quantitative estimate of drug-likeness (QED) is 0.433. The maximum atomic E-state index is 12.7. The number of ether oxygens (including phenoxy) is 2. The molecule has 1 aliphatic heterocycles. The van der Waals surface area contributed by atoms with Crippen molar-refractivity contribution in [2.45, 2.75) is 45.1 Å². The van der Waals surface area contributed by atoms with Gasteiger partial charge in [0.15, 0.2) is 17.3 Å². The molecular weight excluding hydrogens is 390 g/mol. The third kappa shape index (κ3) is 3.89. The second kappa shape index (κ2) is 7.94. The average molecular weight is 413 g/mol. The van der Waals surface area contributed by atoms with Crippen molar-refractivity contribution >= 4 is 17.5 Å². The summed E-state index contributed by atoms with van der Waals surface area (Å²) < 4.78 is 19.4. The van der Waals surface area contributed by atoms with Crippen molar-refractivity contribution in [3.05, 3.63) is 53.2 Å². The van der Waals surface area contributed by atoms with E-state index >= 15 is 0 Å². The van der Waals surface area contributed by atoms with Crippen molar-refractivity contribution in [1.82, 2.24) is 14.8 Å². The zero-order valence-corrected chi connectivity index (χ0v) is 17.7. The summed E-state index contributed by atoms with van der Waals surface area (Å²) in [6.45, 7) is 8.51. The number of carbonyl (C=O) groups excluding carboxylic acids is 1. The van der Waals surface area contributed by atoms with Gasteiger partial charge in [-0.05, 0) is 45.9 Å². The molecule has 0 unspecified atom stereocenters. The van der Waals surface area contributed by atoms with Gasteiger partial charge < -0.3 is 18.5 Å². The van der Waals surface area contributed by atoms with Gasteiger partial charge in [0.1, 0.15) is 6.61 Å². The standard InChI is InChI=1S/C21H23N3O4S/c1-12(2)24-13(3)9-15(14(24)4)16(25)11-29-21-23-22-20(28-21)19-10-26-17-7-5-6-8-18(17)27-19/h5-9,12,19H,10-11H2,1-4H3/t19-/m1/s1. The molecule has 152 valence electrons. The third-order valence-electron chi connectivity index (χ3n) is 4.83. The van der Waals surface area contributed by atoms with Crippen LogP contribution in [-0.2, 0) is 0 Å². The second-order valence-electron chi connectivity index (χ2n) is 7.23. The van der Waals surface area contributed by atoms with Crippen molar-refractivity contribution in [3.63, 3.8) is 0 Å². The molecule has 1 atom stereocenters. The predicted molar refractivity (Wildman–Crippen MR) is 109 cm³/mol. The Morgan fingerprint density at radius 2 is 2.00 bits per heavy atom. The normalized spacial score (nSPS) is 15.7. The summed E-state index contributed by atoms with van der Waals surface area (Å²) in [6.07, 6.45) is -0.465. The van der Waals surface area contributed by atoms with E-state index in [1.54, 1.807) is 0 Å². The number of thioether (sulfide) groups is 1. The fourth-order valence-corrected chi connectivity index (χ4v) is 4.26. The Morgan fingerprint density at radius 1 is 1.24 bits per heavy atom. The molecule has 0 N–H and O–H groups in total. The largest absolute Gasteiger partial charge is 0.485 e. The molecule has 0 aliphatic carbocycles. The Labute approximate surface area is 173 Å². The Balaban J connectivity index is 1.40. The molecule has 0 radical (unpaired) electrons. The Morgan fingerprint density at radius 3 is 2.72 bits per heavy atom. The average Bonchev–Trinajstić information content (AvgIpc) is 3.30. The minimum Gasteiger partial charge on any atom is -0.485 e. The number of fused-ring (bicyclic) bond motifs is 1. The van der Waals surface area contributed by atoms with Crippen LogP contribution in [0.5, 0.6) is 11.5 Å². The fourth-order valence-electron chi connectivity index (χ4n) is 3.61. The molecule has 0 fully saturated rings. The number of nitrogens with zero attached hydrogens (tertiary/aromatic N) is 3. The summed E-state index contributed by atoms with van der Waals surface area (Å²) in [4.78, 5) is 12.7. The van der Waals surface area contributed by atoms with Gasteiger partial charge in [-0.15, -0.1) is 10.2 Å². The smallest absolute Gasteiger partial charge is 0.277 e. The molecule has 0 amide bonds. The van der Waals surface area contributed by atoms with E-state index in [4.69, 9.17) is 13.9 Å². The Hall–Kier alpha value is -2.74. The van der Waals surface area contributed by atoms with Gasteiger partial charge in [0, 0.05) is 23.0 Å². The first-order valence-electron chi connectivity index (χ1n) is 9.50. The van der Waals surface area contributed by atoms with E-state index in [1.807, 2.05) is 44.2 Å². The second-order valence-corrected chi connectivity index (χ2v) is 8.16. The maximum Gasteiger partial charge on any atom is 0.277 e. The van der Waals surface area contributed by atoms with E-state index < -0.39 is 6.10 Å². The number of carbonyl (C=O) groups is 1. The van der Waals surface area contributed by atoms with Crippen LogP contribution in [0.1, 0.15) is 53.6 Å². The first-order chi connectivity index (χ1) is 13.9. The van der Waals surface area contributed by atoms with Crippen LogP contribution < -0.4 is 9.47 Å². The van der Waals surface area contributed by atoms with E-state index in [0.717, 1.165) is 17.0 Å². The van der Waals surface area contributed by atoms with E-state index in [9.17, 15) is 4.79 Å². The number of aryl methyl sites for hydroxylation is 1. The van der Waals surface area contributed by atoms with Gasteiger partial charge in [-0.25, -0.2) is 0 Å². The van der Waals surface area contributed by atoms with Crippen LogP contribution in [-0.4, -0.2) is 32.9 Å². The van der Waals surface area contributed by atoms with E-state index in [2.05, 4.69) is 28.6 Å². The fraction of sp³-hybridized carbons (Fsp3) is 0.381. The highest BCUT2D eigenvalue weighted by molar-refractivity contribution is 7.99. The Bertz CT molecular complexity index is 1040. The molecule has 3 heterocycles. The summed E-state index contributed by atoms with van der Waals surface area (Å²) >= 11 is 1.23. The number of Topliss-reactive ketones (excluding diaryl/α,β-unsaturated/α-hetero) is 1. The molecule has 0 saturated heterocycles. The summed E-state index contributed by atoms with van der Waals surface area (Å²) in [6, 6.07) is 9.71. The van der Waals surface area contributed by atoms with Crippen molar-refractivity contribution < 1.29 is 18.7 Å². The van der Waals surface area contributed by atoms with Crippen LogP contribution in [0.25, 0.3) is 0 Å². The summed E-state index contributed by atoms with van der Waals surface area (Å²) in [5.41, 5.74) is 2.81. The van der Waals surface area contributed by atoms with Crippen LogP contribution in [0, 0.1) is 13.8 Å². The lowest BCUT2D eigenvalue weighted by atomic mass is 10.2. The topological polar surface area (TPSA) is 79.4 Å². The van der Waals surface area contributed by atoms with Crippen molar-refractivity contribution in [3.8, 4) is 11.5 Å². The molecule has 2 aromatic heterocycles. The predicted octanol–water partition coefficient (Wildman–Crippen LogP) is 4.56. The minimum atomic E-state index is -0.465. The summed E-state index contributed by atoms with van der Waals surface area (Å²) in [5, 5.41) is 8.45. The summed E-state index contributed by atoms with van der Waals surface area (Å²) in [7, 11) is 0. The van der Waals surface area contributed by atoms with Crippen LogP contribution in [0.2, 0.25) is 0 Å². The molecule has 8 heteroatoms. The molecule has 0 saturated carbocycles. The zero-order chi connectivity index (χ0) is 20.5. The van der Waals surface area contributed by atoms with Crippen LogP contribution in [0.4, 0.5) is 0 Å². The molecule has 3 aromatic rings. The minimum absolute atomic E-state index is 0.0425. The lowest BCUT2D eigenvalue weighted by molar-refractivity contribution is 0.0686. The molecule has 29 heavy (non-hydrogen) atoms. The highest BCUT2D eigenvalue weighted by Crippen LogP contribution is 2.36. The molecule has 7 nitrogen and oxygen atoms in total. The Kier molecular flexibility index (Phi) is 5.36. The van der Waals surface area contributed by atoms with Crippen molar-refractivity contribution in [1.29, 1.82) is 0 Å². The number of ketones is 1. The van der Waals surface area contributed by atoms with E-state index in [0.29, 0.717) is 35.3 Å². The number of aromatic nitrogens is 3. The number of hydrogen-bond acceptors (Lipinski definition) is 7. The van der Waals surface area contributed by atoms with Gasteiger partial charge in [0.05, 0.1) is 5.75 Å². The van der Waals surface area contributed by atoms with Crippen molar-refractivity contribution in [2.24, 2.45) is 0 Å². The molecular formula is C21H23N3O4S. The lowest BCUT2D eigenvalue weighted by Gasteiger charge is -2.23. The number of rotatable bonds is 6. The van der Waals surface area contributed by atoms with Gasteiger partial charge in [0.25, 0.3) is 11.1 Å². The highest BCUT2D eigenvalue weighted by Gasteiger charge is 2.27. The first kappa shape index (κ1) is 19.6. The van der Waals surface area contributed by atoms with Gasteiger partial charge in [0.2, 0.25) is 6.10 Å². The number of benzene rings is 1. The number of hydrogen-bond donors (Lipinski definition) is 0. The molecule has 1 aromatic carbocycles. The van der Waals surface area contributed by atoms with Crippen molar-refractivity contribution in [2.75, 3.05) is 12.4 Å². The van der Waals surface area contributed by atoms with Crippen LogP contribution in [0.3, 0.4) is 0 Å². The van der Waals surface area contributed by atoms with E-state index in [-0.39, 0.29) is 11.5 Å². The van der Waals surface area contributed by atoms with Crippen LogP contribution >= 0.6 is 11.8 Å². The van der Waals surface area contributed by atoms with Crippen LogP contribution in [0.15, 0.2) is 40.0 Å². The zero-order valence-electron chi connectivity index (χ0n) is 16.8. The van der Waals surface area contributed by atoms with Gasteiger partial charge in [-0.1, -0.05) is 23.9 Å². The highest BCUT2D eigenvalue weighted by atomic mass is 32.2. The SMILES string of the molecule is Cc1cc(C(=O)CSc2nnc([C@H]3COc4ccccc4O3)o2)c(C)n1C(C)C. The number of para-hydroxylation sites is 2.